The second-order valence-electron chi connectivity index (χ2n) is 7.57. The standard InChI is InChI=1S/C18H24FN3O3S/c19-17-11-15(5-6-16(17)18(23)22-7-1-2-8-22)26(24,25)21-14-9-12-3-4-13(10-14)20-12/h5-6,11-14,20-21H,1-4,7-10H2. The van der Waals surface area contributed by atoms with Gasteiger partial charge in [-0.2, -0.15) is 0 Å². The van der Waals surface area contributed by atoms with E-state index in [2.05, 4.69) is 10.0 Å². The Morgan fingerprint density at radius 2 is 1.81 bits per heavy atom. The van der Waals surface area contributed by atoms with E-state index in [9.17, 15) is 17.6 Å². The Morgan fingerprint density at radius 3 is 2.42 bits per heavy atom. The van der Waals surface area contributed by atoms with E-state index in [1.807, 2.05) is 0 Å². The molecule has 6 nitrogen and oxygen atoms in total. The summed E-state index contributed by atoms with van der Waals surface area (Å²) >= 11 is 0. The minimum absolute atomic E-state index is 0.0641. The van der Waals surface area contributed by atoms with E-state index in [-0.39, 0.29) is 22.4 Å². The van der Waals surface area contributed by atoms with Gasteiger partial charge in [0.1, 0.15) is 5.82 Å². The first kappa shape index (κ1) is 17.9. The summed E-state index contributed by atoms with van der Waals surface area (Å²) in [5.41, 5.74) is -0.0641. The van der Waals surface area contributed by atoms with Gasteiger partial charge in [0.2, 0.25) is 10.0 Å². The number of nitrogens with one attached hydrogen (secondary N) is 2. The van der Waals surface area contributed by atoms with Gasteiger partial charge in [-0.05, 0) is 56.7 Å². The predicted octanol–water partition coefficient (Wildman–Crippen LogP) is 1.62. The molecule has 1 amide bonds. The molecule has 8 heteroatoms. The highest BCUT2D eigenvalue weighted by Crippen LogP contribution is 2.28. The number of likely N-dealkylation sites (tertiary alicyclic amines) is 1. The van der Waals surface area contributed by atoms with E-state index < -0.39 is 15.8 Å². The number of hydrogen-bond acceptors (Lipinski definition) is 4. The van der Waals surface area contributed by atoms with Crippen molar-refractivity contribution in [3.05, 3.63) is 29.6 Å². The lowest BCUT2D eigenvalue weighted by molar-refractivity contribution is 0.0788. The van der Waals surface area contributed by atoms with Gasteiger partial charge in [-0.25, -0.2) is 17.5 Å². The first-order valence-corrected chi connectivity index (χ1v) is 10.8. The molecule has 2 atom stereocenters. The molecule has 3 fully saturated rings. The summed E-state index contributed by atoms with van der Waals surface area (Å²) in [7, 11) is -3.81. The Bertz CT molecular complexity index is 796. The van der Waals surface area contributed by atoms with Crippen LogP contribution >= 0.6 is 0 Å². The van der Waals surface area contributed by atoms with Crippen LogP contribution in [0.4, 0.5) is 4.39 Å². The van der Waals surface area contributed by atoms with Crippen LogP contribution in [0.1, 0.15) is 48.9 Å². The van der Waals surface area contributed by atoms with E-state index in [4.69, 9.17) is 0 Å². The molecule has 1 aromatic rings. The molecule has 142 valence electrons. The van der Waals surface area contributed by atoms with Crippen molar-refractivity contribution in [3.63, 3.8) is 0 Å². The molecule has 3 saturated heterocycles. The molecule has 3 heterocycles. The van der Waals surface area contributed by atoms with E-state index in [0.29, 0.717) is 25.2 Å². The van der Waals surface area contributed by atoms with Crippen molar-refractivity contribution in [2.24, 2.45) is 0 Å². The van der Waals surface area contributed by atoms with Gasteiger partial charge in [0.15, 0.2) is 0 Å². The normalized spacial score (nSPS) is 28.5. The predicted molar refractivity (Wildman–Crippen MR) is 94.8 cm³/mol. The third-order valence-electron chi connectivity index (χ3n) is 5.67. The van der Waals surface area contributed by atoms with Crippen LogP contribution < -0.4 is 10.0 Å². The van der Waals surface area contributed by atoms with E-state index in [1.165, 1.54) is 12.1 Å². The summed E-state index contributed by atoms with van der Waals surface area (Å²) in [6, 6.07) is 4.16. The number of rotatable bonds is 4. The second-order valence-corrected chi connectivity index (χ2v) is 9.28. The maximum atomic E-state index is 14.4. The first-order valence-electron chi connectivity index (χ1n) is 9.29. The molecule has 4 rings (SSSR count). The Kier molecular flexibility index (Phi) is 4.75. The molecular weight excluding hydrogens is 357 g/mol. The van der Waals surface area contributed by atoms with Crippen molar-refractivity contribution in [3.8, 4) is 0 Å². The summed E-state index contributed by atoms with van der Waals surface area (Å²) in [6.07, 6.45) is 5.49. The van der Waals surface area contributed by atoms with Crippen LogP contribution in [0.15, 0.2) is 23.1 Å². The lowest BCUT2D eigenvalue weighted by Gasteiger charge is -2.29. The number of amides is 1. The van der Waals surface area contributed by atoms with Gasteiger partial charge in [0.25, 0.3) is 5.91 Å². The van der Waals surface area contributed by atoms with Crippen LogP contribution in [0.3, 0.4) is 0 Å². The van der Waals surface area contributed by atoms with Crippen LogP contribution in [0.2, 0.25) is 0 Å². The molecule has 26 heavy (non-hydrogen) atoms. The van der Waals surface area contributed by atoms with Crippen molar-refractivity contribution < 1.29 is 17.6 Å². The van der Waals surface area contributed by atoms with Crippen molar-refractivity contribution in [1.82, 2.24) is 14.9 Å². The van der Waals surface area contributed by atoms with Gasteiger partial charge < -0.3 is 10.2 Å². The van der Waals surface area contributed by atoms with Crippen molar-refractivity contribution >= 4 is 15.9 Å². The molecule has 0 saturated carbocycles. The smallest absolute Gasteiger partial charge is 0.256 e. The minimum atomic E-state index is -3.81. The van der Waals surface area contributed by atoms with Crippen molar-refractivity contribution in [1.29, 1.82) is 0 Å². The molecule has 0 aromatic heterocycles. The summed E-state index contributed by atoms with van der Waals surface area (Å²) in [4.78, 5) is 13.8. The molecule has 0 spiro atoms. The minimum Gasteiger partial charge on any atom is -0.339 e. The SMILES string of the molecule is O=C(c1ccc(S(=O)(=O)NC2CC3CCC(C2)N3)cc1F)N1CCCC1. The molecule has 0 aliphatic carbocycles. The highest BCUT2D eigenvalue weighted by atomic mass is 32.2. The van der Waals surface area contributed by atoms with Gasteiger partial charge in [-0.3, -0.25) is 4.79 Å². The first-order chi connectivity index (χ1) is 12.4. The number of carbonyl (C=O) groups excluding carboxylic acids is 1. The van der Waals surface area contributed by atoms with Gasteiger partial charge >= 0.3 is 0 Å². The van der Waals surface area contributed by atoms with E-state index in [1.54, 1.807) is 4.90 Å². The van der Waals surface area contributed by atoms with Crippen LogP contribution in [-0.2, 0) is 10.0 Å². The van der Waals surface area contributed by atoms with Crippen molar-refractivity contribution in [2.75, 3.05) is 13.1 Å². The number of carbonyl (C=O) groups is 1. The molecular formula is C18H24FN3O3S. The number of nitrogens with zero attached hydrogens (tertiary/aromatic N) is 1. The van der Waals surface area contributed by atoms with Crippen LogP contribution in [0.5, 0.6) is 0 Å². The number of halogens is 1. The molecule has 2 unspecified atom stereocenters. The number of piperidine rings is 1. The average molecular weight is 381 g/mol. The lowest BCUT2D eigenvalue weighted by atomic mass is 10.0. The maximum Gasteiger partial charge on any atom is 0.256 e. The van der Waals surface area contributed by atoms with Crippen LogP contribution in [0, 0.1) is 5.82 Å². The third kappa shape index (κ3) is 3.50. The Morgan fingerprint density at radius 1 is 1.15 bits per heavy atom. The second kappa shape index (κ2) is 6.90. The molecule has 2 bridgehead atoms. The quantitative estimate of drug-likeness (QED) is 0.831. The molecule has 0 radical (unpaired) electrons. The van der Waals surface area contributed by atoms with E-state index in [0.717, 1.165) is 44.6 Å². The Hall–Kier alpha value is -1.51. The van der Waals surface area contributed by atoms with Gasteiger partial charge in [0.05, 0.1) is 10.5 Å². The topological polar surface area (TPSA) is 78.5 Å². The molecule has 3 aliphatic rings. The van der Waals surface area contributed by atoms with Gasteiger partial charge in [-0.1, -0.05) is 0 Å². The zero-order valence-electron chi connectivity index (χ0n) is 14.6. The molecule has 2 N–H and O–H groups in total. The van der Waals surface area contributed by atoms with Gasteiger partial charge in [-0.15, -0.1) is 0 Å². The number of sulfonamides is 1. The van der Waals surface area contributed by atoms with Gasteiger partial charge in [0, 0.05) is 31.2 Å². The lowest BCUT2D eigenvalue weighted by Crippen LogP contribution is -2.47. The number of hydrogen-bond donors (Lipinski definition) is 2. The summed E-state index contributed by atoms with van der Waals surface area (Å²) in [6.45, 7) is 1.25. The van der Waals surface area contributed by atoms with E-state index >= 15 is 0 Å². The highest BCUT2D eigenvalue weighted by molar-refractivity contribution is 7.89. The monoisotopic (exact) mass is 381 g/mol. The molecule has 3 aliphatic heterocycles. The fourth-order valence-corrected chi connectivity index (χ4v) is 5.64. The third-order valence-corrected chi connectivity index (χ3v) is 7.19. The largest absolute Gasteiger partial charge is 0.339 e. The summed E-state index contributed by atoms with van der Waals surface area (Å²) in [5, 5.41) is 3.46. The maximum absolute atomic E-state index is 14.4. The summed E-state index contributed by atoms with van der Waals surface area (Å²) in [5.74, 6) is -1.15. The van der Waals surface area contributed by atoms with Crippen molar-refractivity contribution in [2.45, 2.75) is 61.5 Å². The zero-order valence-corrected chi connectivity index (χ0v) is 15.4. The average Bonchev–Trinajstić information content (AvgIpc) is 3.24. The highest BCUT2D eigenvalue weighted by Gasteiger charge is 2.35. The fraction of sp³-hybridized carbons (Fsp3) is 0.611. The Balaban J connectivity index is 1.49. The summed E-state index contributed by atoms with van der Waals surface area (Å²) < 4.78 is 42.4. The fourth-order valence-electron chi connectivity index (χ4n) is 4.37. The zero-order chi connectivity index (χ0) is 18.3. The number of fused-ring (bicyclic) bond motifs is 2. The Labute approximate surface area is 153 Å². The van der Waals surface area contributed by atoms with Crippen LogP contribution in [-0.4, -0.2) is 50.4 Å². The number of benzene rings is 1. The molecule has 1 aromatic carbocycles. The van der Waals surface area contributed by atoms with Crippen LogP contribution in [0.25, 0.3) is 0 Å².